The Bertz CT molecular complexity index is 1040. The topological polar surface area (TPSA) is 78.1 Å². The summed E-state index contributed by atoms with van der Waals surface area (Å²) in [5.74, 6) is -0.210. The van der Waals surface area contributed by atoms with E-state index in [4.69, 9.17) is 0 Å². The minimum Gasteiger partial charge on any atom is -0.374 e. The molecule has 3 aromatic rings. The number of carbonyl (C=O) groups excluding carboxylic acids is 1. The fourth-order valence-electron chi connectivity index (χ4n) is 3.32. The second kappa shape index (κ2) is 6.00. The monoisotopic (exact) mass is 354 g/mol. The number of fused-ring (bicyclic) bond motifs is 2. The summed E-state index contributed by atoms with van der Waals surface area (Å²) in [6, 6.07) is 6.02. The molecule has 1 aliphatic heterocycles. The van der Waals surface area contributed by atoms with Crippen LogP contribution in [0.2, 0.25) is 0 Å². The smallest absolute Gasteiger partial charge is 0.266 e. The number of anilines is 2. The number of carbonyl (C=O) groups is 1. The molecule has 7 heteroatoms. The maximum atomic E-state index is 12.7. The van der Waals surface area contributed by atoms with Crippen molar-refractivity contribution in [1.82, 2.24) is 9.97 Å². The number of nitrogens with one attached hydrogen (secondary N) is 2. The summed E-state index contributed by atoms with van der Waals surface area (Å²) in [6.45, 7) is 2.81. The fraction of sp³-hybridized carbons (Fsp3) is 0.278. The van der Waals surface area contributed by atoms with Gasteiger partial charge in [0, 0.05) is 25.0 Å². The fourth-order valence-corrected chi connectivity index (χ4v) is 4.36. The van der Waals surface area contributed by atoms with Crippen LogP contribution in [0.1, 0.15) is 27.2 Å². The Balaban J connectivity index is 1.67. The van der Waals surface area contributed by atoms with Crippen molar-refractivity contribution in [2.24, 2.45) is 0 Å². The summed E-state index contributed by atoms with van der Waals surface area (Å²) in [4.78, 5) is 34.7. The molecule has 0 radical (unpaired) electrons. The molecular weight excluding hydrogens is 336 g/mol. The molecule has 0 unspecified atom stereocenters. The molecule has 0 atom stereocenters. The summed E-state index contributed by atoms with van der Waals surface area (Å²) < 4.78 is 0. The minimum atomic E-state index is -0.215. The van der Waals surface area contributed by atoms with Crippen molar-refractivity contribution in [3.63, 3.8) is 0 Å². The summed E-state index contributed by atoms with van der Waals surface area (Å²) >= 11 is 1.24. The molecule has 6 nitrogen and oxygen atoms in total. The van der Waals surface area contributed by atoms with Crippen molar-refractivity contribution >= 4 is 38.8 Å². The second-order valence-corrected chi connectivity index (χ2v) is 7.29. The number of hydrogen-bond donors (Lipinski definition) is 2. The lowest BCUT2D eigenvalue weighted by atomic mass is 10.0. The van der Waals surface area contributed by atoms with Crippen molar-refractivity contribution in [3.8, 4) is 0 Å². The molecule has 0 spiro atoms. The predicted molar refractivity (Wildman–Crippen MR) is 101 cm³/mol. The van der Waals surface area contributed by atoms with Gasteiger partial charge in [-0.05, 0) is 43.0 Å². The van der Waals surface area contributed by atoms with Crippen molar-refractivity contribution < 1.29 is 4.79 Å². The lowest BCUT2D eigenvalue weighted by Crippen LogP contribution is -2.24. The molecule has 0 saturated heterocycles. The van der Waals surface area contributed by atoms with E-state index in [1.54, 1.807) is 6.92 Å². The third-order valence-corrected chi connectivity index (χ3v) is 5.83. The van der Waals surface area contributed by atoms with E-state index in [0.29, 0.717) is 20.7 Å². The lowest BCUT2D eigenvalue weighted by molar-refractivity contribution is 0.103. The molecule has 0 saturated carbocycles. The van der Waals surface area contributed by atoms with Crippen molar-refractivity contribution in [3.05, 3.63) is 50.9 Å². The number of benzene rings is 1. The molecule has 0 aliphatic carbocycles. The number of hydrogen-bond acceptors (Lipinski definition) is 5. The van der Waals surface area contributed by atoms with E-state index < -0.39 is 0 Å². The SMILES string of the molecule is Cc1c(C(=O)Nc2ccc3c(c2)N(C)CCC3)sc2nc[nH]c(=O)c12. The van der Waals surface area contributed by atoms with E-state index in [1.165, 1.54) is 23.2 Å². The molecule has 1 aliphatic rings. The van der Waals surface area contributed by atoms with Gasteiger partial charge in [0.15, 0.2) is 0 Å². The first kappa shape index (κ1) is 15.8. The number of aryl methyl sites for hydroxylation is 2. The highest BCUT2D eigenvalue weighted by Gasteiger charge is 2.19. The van der Waals surface area contributed by atoms with Gasteiger partial charge in [-0.25, -0.2) is 4.98 Å². The van der Waals surface area contributed by atoms with Gasteiger partial charge in [0.2, 0.25) is 0 Å². The highest BCUT2D eigenvalue weighted by atomic mass is 32.1. The van der Waals surface area contributed by atoms with Crippen molar-refractivity contribution in [1.29, 1.82) is 0 Å². The van der Waals surface area contributed by atoms with E-state index in [1.807, 2.05) is 12.1 Å². The summed E-state index contributed by atoms with van der Waals surface area (Å²) in [5.41, 5.74) is 3.68. The Hall–Kier alpha value is -2.67. The Labute approximate surface area is 148 Å². The van der Waals surface area contributed by atoms with Gasteiger partial charge in [-0.2, -0.15) is 0 Å². The Morgan fingerprint density at radius 2 is 2.24 bits per heavy atom. The molecule has 0 fully saturated rings. The number of H-pyrrole nitrogens is 1. The number of thiophene rings is 1. The first-order valence-corrected chi connectivity index (χ1v) is 8.98. The Morgan fingerprint density at radius 3 is 3.04 bits per heavy atom. The van der Waals surface area contributed by atoms with Crippen LogP contribution in [0.4, 0.5) is 11.4 Å². The van der Waals surface area contributed by atoms with Gasteiger partial charge in [-0.15, -0.1) is 11.3 Å². The van der Waals surface area contributed by atoms with Crippen LogP contribution < -0.4 is 15.8 Å². The van der Waals surface area contributed by atoms with Gasteiger partial charge in [0.25, 0.3) is 11.5 Å². The van der Waals surface area contributed by atoms with Crippen LogP contribution in [-0.4, -0.2) is 29.5 Å². The number of aromatic nitrogens is 2. The van der Waals surface area contributed by atoms with Gasteiger partial charge in [-0.3, -0.25) is 9.59 Å². The first-order chi connectivity index (χ1) is 12.0. The summed E-state index contributed by atoms with van der Waals surface area (Å²) in [5, 5.41) is 3.44. The van der Waals surface area contributed by atoms with Gasteiger partial charge < -0.3 is 15.2 Å². The maximum Gasteiger partial charge on any atom is 0.266 e. The van der Waals surface area contributed by atoms with E-state index >= 15 is 0 Å². The highest BCUT2D eigenvalue weighted by Crippen LogP contribution is 2.31. The molecule has 2 aromatic heterocycles. The van der Waals surface area contributed by atoms with Gasteiger partial charge >= 0.3 is 0 Å². The van der Waals surface area contributed by atoms with Gasteiger partial charge in [-0.1, -0.05) is 6.07 Å². The molecule has 128 valence electrons. The number of amides is 1. The molecule has 1 amide bonds. The summed E-state index contributed by atoms with van der Waals surface area (Å²) in [7, 11) is 2.07. The molecule has 4 rings (SSSR count). The Morgan fingerprint density at radius 1 is 1.40 bits per heavy atom. The van der Waals surface area contributed by atoms with Crippen molar-refractivity contribution in [2.45, 2.75) is 19.8 Å². The standard InChI is InChI=1S/C18H18N4O2S/c1-10-14-16(23)19-9-20-18(14)25-15(10)17(24)21-12-6-5-11-4-3-7-22(2)13(11)8-12/h5-6,8-9H,3-4,7H2,1-2H3,(H,21,24)(H,19,20,23). The third-order valence-electron chi connectivity index (χ3n) is 4.63. The minimum absolute atomic E-state index is 0.210. The van der Waals surface area contributed by atoms with E-state index in [9.17, 15) is 9.59 Å². The zero-order valence-corrected chi connectivity index (χ0v) is 14.9. The molecule has 2 N–H and O–H groups in total. The zero-order valence-electron chi connectivity index (χ0n) is 14.0. The molecule has 3 heterocycles. The van der Waals surface area contributed by atoms with E-state index in [2.05, 4.69) is 33.3 Å². The average molecular weight is 354 g/mol. The van der Waals surface area contributed by atoms with Crippen LogP contribution in [0, 0.1) is 6.92 Å². The molecular formula is C18H18N4O2S. The van der Waals surface area contributed by atoms with Crippen LogP contribution in [-0.2, 0) is 6.42 Å². The number of rotatable bonds is 2. The van der Waals surface area contributed by atoms with E-state index in [0.717, 1.165) is 30.8 Å². The number of nitrogens with zero attached hydrogens (tertiary/aromatic N) is 2. The quantitative estimate of drug-likeness (QED) is 0.742. The maximum absolute atomic E-state index is 12.7. The number of aromatic amines is 1. The zero-order chi connectivity index (χ0) is 17.6. The van der Waals surface area contributed by atoms with Gasteiger partial charge in [0.05, 0.1) is 16.6 Å². The molecule has 25 heavy (non-hydrogen) atoms. The van der Waals surface area contributed by atoms with Crippen LogP contribution in [0.3, 0.4) is 0 Å². The first-order valence-electron chi connectivity index (χ1n) is 8.17. The van der Waals surface area contributed by atoms with Crippen LogP contribution >= 0.6 is 11.3 Å². The third kappa shape index (κ3) is 2.70. The van der Waals surface area contributed by atoms with E-state index in [-0.39, 0.29) is 11.5 Å². The lowest BCUT2D eigenvalue weighted by Gasteiger charge is -2.28. The highest BCUT2D eigenvalue weighted by molar-refractivity contribution is 7.20. The second-order valence-electron chi connectivity index (χ2n) is 6.29. The van der Waals surface area contributed by atoms with Crippen LogP contribution in [0.15, 0.2) is 29.3 Å². The van der Waals surface area contributed by atoms with Crippen molar-refractivity contribution in [2.75, 3.05) is 23.8 Å². The Kier molecular flexibility index (Phi) is 3.80. The molecule has 0 bridgehead atoms. The average Bonchev–Trinajstić information content (AvgIpc) is 2.94. The largest absolute Gasteiger partial charge is 0.374 e. The molecule has 1 aromatic carbocycles. The normalized spacial score (nSPS) is 13.8. The predicted octanol–water partition coefficient (Wildman–Crippen LogP) is 2.93. The summed E-state index contributed by atoms with van der Waals surface area (Å²) in [6.07, 6.45) is 3.58. The van der Waals surface area contributed by atoms with Crippen LogP contribution in [0.5, 0.6) is 0 Å². The van der Waals surface area contributed by atoms with Gasteiger partial charge in [0.1, 0.15) is 4.83 Å². The van der Waals surface area contributed by atoms with Crippen LogP contribution in [0.25, 0.3) is 10.2 Å².